The molecule has 2 fully saturated rings. The van der Waals surface area contributed by atoms with Crippen LogP contribution in [0.25, 0.3) is 0 Å². The first kappa shape index (κ1) is 21.0. The molecule has 0 radical (unpaired) electrons. The van der Waals surface area contributed by atoms with Gasteiger partial charge in [0.25, 0.3) is 0 Å². The van der Waals surface area contributed by atoms with Gasteiger partial charge >= 0.3 is 0 Å². The molecular formula is C23H29N3O3S. The summed E-state index contributed by atoms with van der Waals surface area (Å²) >= 11 is 0. The summed E-state index contributed by atoms with van der Waals surface area (Å²) in [6.45, 7) is 1.81. The zero-order valence-electron chi connectivity index (χ0n) is 17.2. The van der Waals surface area contributed by atoms with Crippen LogP contribution in [0.4, 0.5) is 0 Å². The van der Waals surface area contributed by atoms with Crippen LogP contribution in [-0.2, 0) is 27.8 Å². The number of rotatable bonds is 8. The van der Waals surface area contributed by atoms with Gasteiger partial charge in [0.05, 0.1) is 4.90 Å². The maximum Gasteiger partial charge on any atom is 0.243 e. The van der Waals surface area contributed by atoms with Crippen molar-refractivity contribution in [3.63, 3.8) is 0 Å². The topological polar surface area (TPSA) is 70.6 Å². The van der Waals surface area contributed by atoms with Crippen LogP contribution in [0, 0.1) is 0 Å². The molecule has 0 N–H and O–H groups in total. The smallest absolute Gasteiger partial charge is 0.243 e. The Balaban J connectivity index is 1.35. The predicted octanol–water partition coefficient (Wildman–Crippen LogP) is 3.38. The van der Waals surface area contributed by atoms with E-state index in [0.29, 0.717) is 43.4 Å². The number of hydrogen-bond donors (Lipinski definition) is 0. The summed E-state index contributed by atoms with van der Waals surface area (Å²) in [7, 11) is -3.41. The Morgan fingerprint density at radius 3 is 2.40 bits per heavy atom. The van der Waals surface area contributed by atoms with E-state index < -0.39 is 10.0 Å². The number of carbonyl (C=O) groups is 1. The lowest BCUT2D eigenvalue weighted by Gasteiger charge is -2.26. The van der Waals surface area contributed by atoms with E-state index in [-0.39, 0.29) is 5.91 Å². The van der Waals surface area contributed by atoms with Crippen molar-refractivity contribution in [1.82, 2.24) is 14.2 Å². The van der Waals surface area contributed by atoms with Gasteiger partial charge in [-0.15, -0.1) is 0 Å². The van der Waals surface area contributed by atoms with Gasteiger partial charge in [0.15, 0.2) is 0 Å². The third kappa shape index (κ3) is 5.08. The van der Waals surface area contributed by atoms with E-state index in [1.165, 1.54) is 0 Å². The maximum absolute atomic E-state index is 12.8. The normalized spacial score (nSPS) is 17.6. The molecule has 1 aromatic carbocycles. The first-order valence-corrected chi connectivity index (χ1v) is 12.3. The highest BCUT2D eigenvalue weighted by atomic mass is 32.2. The lowest BCUT2D eigenvalue weighted by atomic mass is 10.1. The third-order valence-corrected chi connectivity index (χ3v) is 7.80. The summed E-state index contributed by atoms with van der Waals surface area (Å²) < 4.78 is 27.1. The Hall–Kier alpha value is -2.25. The van der Waals surface area contributed by atoms with Crippen LogP contribution in [-0.4, -0.2) is 47.6 Å². The summed E-state index contributed by atoms with van der Waals surface area (Å²) in [6.07, 6.45) is 9.66. The van der Waals surface area contributed by atoms with Crippen molar-refractivity contribution in [2.75, 3.05) is 13.1 Å². The minimum Gasteiger partial charge on any atom is -0.335 e. The molecule has 0 bridgehead atoms. The SMILES string of the molecule is O=C(CCc1ccc(S(=O)(=O)N2CCCCC2)cc1)N(Cc1cccnc1)C1CC1. The standard InChI is InChI=1S/C23H29N3O3S/c27-23(26(21-9-10-21)18-20-5-4-14-24-17-20)13-8-19-6-11-22(12-7-19)30(28,29)25-15-2-1-3-16-25/h4-7,11-12,14,17,21H,1-3,8-10,13,15-16,18H2. The summed E-state index contributed by atoms with van der Waals surface area (Å²) in [5.41, 5.74) is 2.03. The van der Waals surface area contributed by atoms with Crippen LogP contribution >= 0.6 is 0 Å². The number of amides is 1. The predicted molar refractivity (Wildman–Crippen MR) is 115 cm³/mol. The minimum absolute atomic E-state index is 0.145. The average molecular weight is 428 g/mol. The molecule has 1 amide bonds. The first-order valence-electron chi connectivity index (χ1n) is 10.8. The van der Waals surface area contributed by atoms with Crippen molar-refractivity contribution in [2.45, 2.75) is 62.4 Å². The molecule has 2 aromatic rings. The van der Waals surface area contributed by atoms with Gasteiger partial charge in [-0.1, -0.05) is 24.6 Å². The fourth-order valence-corrected chi connectivity index (χ4v) is 5.49. The van der Waals surface area contributed by atoms with Crippen LogP contribution in [0.5, 0.6) is 0 Å². The van der Waals surface area contributed by atoms with Crippen LogP contribution in [0.2, 0.25) is 0 Å². The molecule has 1 aromatic heterocycles. The molecule has 1 saturated heterocycles. The van der Waals surface area contributed by atoms with E-state index in [4.69, 9.17) is 0 Å². The number of carbonyl (C=O) groups excluding carboxylic acids is 1. The molecule has 0 unspecified atom stereocenters. The van der Waals surface area contributed by atoms with Crippen molar-refractivity contribution < 1.29 is 13.2 Å². The highest BCUT2D eigenvalue weighted by molar-refractivity contribution is 7.89. The molecule has 2 aliphatic rings. The second kappa shape index (κ2) is 9.27. The number of aryl methyl sites for hydroxylation is 1. The van der Waals surface area contributed by atoms with Gasteiger partial charge in [0.2, 0.25) is 15.9 Å². The zero-order chi connectivity index (χ0) is 21.0. The van der Waals surface area contributed by atoms with Crippen molar-refractivity contribution in [3.05, 3.63) is 59.9 Å². The van der Waals surface area contributed by atoms with Gasteiger partial charge in [-0.3, -0.25) is 9.78 Å². The van der Waals surface area contributed by atoms with E-state index in [9.17, 15) is 13.2 Å². The van der Waals surface area contributed by atoms with Crippen LogP contribution in [0.1, 0.15) is 49.7 Å². The quantitative estimate of drug-likeness (QED) is 0.648. The second-order valence-corrected chi connectivity index (χ2v) is 10.2. The molecule has 1 aliphatic carbocycles. The molecule has 6 nitrogen and oxygen atoms in total. The van der Waals surface area contributed by atoms with Crippen molar-refractivity contribution in [1.29, 1.82) is 0 Å². The summed E-state index contributed by atoms with van der Waals surface area (Å²) in [4.78, 5) is 19.3. The molecule has 4 rings (SSSR count). The molecule has 0 atom stereocenters. The Kier molecular flexibility index (Phi) is 6.49. The molecule has 7 heteroatoms. The Morgan fingerprint density at radius 2 is 1.77 bits per heavy atom. The number of hydrogen-bond acceptors (Lipinski definition) is 4. The highest BCUT2D eigenvalue weighted by Gasteiger charge is 2.32. The fourth-order valence-electron chi connectivity index (χ4n) is 3.97. The Labute approximate surface area is 179 Å². The third-order valence-electron chi connectivity index (χ3n) is 5.89. The van der Waals surface area contributed by atoms with Gasteiger partial charge in [-0.2, -0.15) is 4.31 Å². The zero-order valence-corrected chi connectivity index (χ0v) is 18.1. The number of aromatic nitrogens is 1. The van der Waals surface area contributed by atoms with Crippen LogP contribution in [0.15, 0.2) is 53.7 Å². The molecular weight excluding hydrogens is 398 g/mol. The molecule has 0 spiro atoms. The first-order chi connectivity index (χ1) is 14.5. The molecule has 2 heterocycles. The van der Waals surface area contributed by atoms with Crippen molar-refractivity contribution in [2.24, 2.45) is 0 Å². The Morgan fingerprint density at radius 1 is 1.03 bits per heavy atom. The van der Waals surface area contributed by atoms with Gasteiger partial charge in [0.1, 0.15) is 0 Å². The van der Waals surface area contributed by atoms with Gasteiger partial charge in [-0.25, -0.2) is 8.42 Å². The number of piperidine rings is 1. The number of nitrogens with zero attached hydrogens (tertiary/aromatic N) is 3. The van der Waals surface area contributed by atoms with E-state index in [0.717, 1.165) is 43.2 Å². The Bertz CT molecular complexity index is 951. The molecule has 30 heavy (non-hydrogen) atoms. The number of pyridine rings is 1. The van der Waals surface area contributed by atoms with Gasteiger partial charge in [0, 0.05) is 44.5 Å². The lowest BCUT2D eigenvalue weighted by Crippen LogP contribution is -2.35. The number of sulfonamides is 1. The average Bonchev–Trinajstić information content (AvgIpc) is 3.63. The highest BCUT2D eigenvalue weighted by Crippen LogP contribution is 2.29. The van der Waals surface area contributed by atoms with Crippen molar-refractivity contribution >= 4 is 15.9 Å². The van der Waals surface area contributed by atoms with Crippen LogP contribution < -0.4 is 0 Å². The van der Waals surface area contributed by atoms with Gasteiger partial charge < -0.3 is 4.90 Å². The minimum atomic E-state index is -3.41. The van der Waals surface area contributed by atoms with E-state index in [1.807, 2.05) is 35.4 Å². The largest absolute Gasteiger partial charge is 0.335 e. The van der Waals surface area contributed by atoms with Crippen LogP contribution in [0.3, 0.4) is 0 Å². The molecule has 1 aliphatic heterocycles. The maximum atomic E-state index is 12.8. The monoisotopic (exact) mass is 427 g/mol. The second-order valence-electron chi connectivity index (χ2n) is 8.22. The van der Waals surface area contributed by atoms with Gasteiger partial charge in [-0.05, 0) is 61.4 Å². The number of benzene rings is 1. The van der Waals surface area contributed by atoms with Crippen molar-refractivity contribution in [3.8, 4) is 0 Å². The van der Waals surface area contributed by atoms with E-state index in [1.54, 1.807) is 22.6 Å². The fraction of sp³-hybridized carbons (Fsp3) is 0.478. The lowest BCUT2D eigenvalue weighted by molar-refractivity contribution is -0.132. The molecule has 1 saturated carbocycles. The van der Waals surface area contributed by atoms with E-state index >= 15 is 0 Å². The molecule has 160 valence electrons. The summed E-state index contributed by atoms with van der Waals surface area (Å²) in [6, 6.07) is 11.3. The summed E-state index contributed by atoms with van der Waals surface area (Å²) in [5.74, 6) is 0.145. The van der Waals surface area contributed by atoms with E-state index in [2.05, 4.69) is 4.98 Å². The summed E-state index contributed by atoms with van der Waals surface area (Å²) in [5, 5.41) is 0.